The van der Waals surface area contributed by atoms with Gasteiger partial charge in [0.2, 0.25) is 5.91 Å². The van der Waals surface area contributed by atoms with Gasteiger partial charge in [-0.2, -0.15) is 0 Å². The summed E-state index contributed by atoms with van der Waals surface area (Å²) in [6, 6.07) is 7.51. The summed E-state index contributed by atoms with van der Waals surface area (Å²) in [6.07, 6.45) is 5.84. The number of carbonyl (C=O) groups excluding carboxylic acids is 1. The van der Waals surface area contributed by atoms with E-state index in [0.29, 0.717) is 10.8 Å². The molecule has 1 unspecified atom stereocenters. The van der Waals surface area contributed by atoms with Gasteiger partial charge in [-0.25, -0.2) is 19.1 Å². The number of anilines is 1. The van der Waals surface area contributed by atoms with E-state index in [-0.39, 0.29) is 16.5 Å². The number of carbonyl (C=O) groups is 1. The molecule has 0 bridgehead atoms. The summed E-state index contributed by atoms with van der Waals surface area (Å²) >= 11 is 1.00. The van der Waals surface area contributed by atoms with Crippen LogP contribution in [0.3, 0.4) is 0 Å². The largest absolute Gasteiger partial charge is 0.291 e. The second kappa shape index (κ2) is 9.05. The minimum absolute atomic E-state index is 0.173. The Hall–Kier alpha value is -2.62. The van der Waals surface area contributed by atoms with E-state index in [9.17, 15) is 9.00 Å². The number of benzene rings is 1. The van der Waals surface area contributed by atoms with E-state index in [0.717, 1.165) is 28.2 Å². The van der Waals surface area contributed by atoms with Crippen molar-refractivity contribution < 1.29 is 9.00 Å². The van der Waals surface area contributed by atoms with Crippen LogP contribution in [0, 0.1) is 11.7 Å². The third kappa shape index (κ3) is 5.22. The monoisotopic (exact) mass is 417 g/mol. The van der Waals surface area contributed by atoms with Crippen molar-refractivity contribution in [2.75, 3.05) is 11.9 Å². The first kappa shape index (κ1) is 21.7. The van der Waals surface area contributed by atoms with E-state index in [1.54, 1.807) is 14.0 Å². The Labute approximate surface area is 169 Å². The maximum atomic E-state index is 12.6. The van der Waals surface area contributed by atoms with Crippen LogP contribution in [-0.2, 0) is 21.1 Å². The molecule has 0 spiro atoms. The average Bonchev–Trinajstić information content (AvgIpc) is 3.05. The third-order valence-corrected chi connectivity index (χ3v) is 6.77. The van der Waals surface area contributed by atoms with Crippen molar-refractivity contribution in [3.8, 4) is 0 Å². The zero-order valence-electron chi connectivity index (χ0n) is 16.0. The highest BCUT2D eigenvalue weighted by Gasteiger charge is 2.20. The lowest BCUT2D eigenvalue weighted by Crippen LogP contribution is -2.27. The molecule has 1 atom stereocenters. The molecule has 0 radical (unpaired) electrons. The van der Waals surface area contributed by atoms with Crippen molar-refractivity contribution in [1.29, 1.82) is 4.78 Å². The number of likely N-dealkylation sites (N-methyl/N-ethyl adjacent to an activating group) is 1. The number of nitrogens with zero attached hydrogens (tertiary/aromatic N) is 3. The molecule has 1 aromatic heterocycles. The highest BCUT2D eigenvalue weighted by Crippen LogP contribution is 2.29. The van der Waals surface area contributed by atoms with E-state index in [1.165, 1.54) is 4.90 Å². The fourth-order valence-corrected chi connectivity index (χ4v) is 4.40. The van der Waals surface area contributed by atoms with Crippen molar-refractivity contribution in [2.24, 2.45) is 10.1 Å². The average molecular weight is 418 g/mol. The Morgan fingerprint density at radius 1 is 1.43 bits per heavy atom. The summed E-state index contributed by atoms with van der Waals surface area (Å²) < 4.78 is 19.5. The third-order valence-electron chi connectivity index (χ3n) is 3.90. The van der Waals surface area contributed by atoms with Crippen molar-refractivity contribution in [2.45, 2.75) is 24.5 Å². The fraction of sp³-hybridized carbons (Fsp3) is 0.211. The fourth-order valence-electron chi connectivity index (χ4n) is 2.41. The van der Waals surface area contributed by atoms with E-state index in [1.807, 2.05) is 49.4 Å². The molecular weight excluding hydrogens is 394 g/mol. The second-order valence-corrected chi connectivity index (χ2v) is 8.88. The maximum absolute atomic E-state index is 12.6. The second-order valence-electron chi connectivity index (χ2n) is 6.03. The first-order valence-electron chi connectivity index (χ1n) is 8.37. The van der Waals surface area contributed by atoms with Crippen LogP contribution in [0.4, 0.5) is 5.13 Å². The number of aliphatic imine (C=N–C) groups is 1. The van der Waals surface area contributed by atoms with Crippen LogP contribution < -0.4 is 10.0 Å². The van der Waals surface area contributed by atoms with E-state index < -0.39 is 9.92 Å². The van der Waals surface area contributed by atoms with Crippen LogP contribution in [0.15, 0.2) is 51.7 Å². The van der Waals surface area contributed by atoms with Crippen LogP contribution in [0.1, 0.15) is 23.7 Å². The molecule has 0 fully saturated rings. The van der Waals surface area contributed by atoms with Gasteiger partial charge in [-0.05, 0) is 32.2 Å². The molecule has 28 heavy (non-hydrogen) atoms. The number of hydrogen-bond acceptors (Lipinski definition) is 6. The quantitative estimate of drug-likeness (QED) is 0.530. The molecular formula is C19H23N5O2S2. The number of nitrogens with one attached hydrogen (secondary N) is 1. The SMILES string of the molecule is C=N/C(=C\C=C/C)c1ccc(CC(=O)N(C)c2nc(C)c(S(=N)(N)=O)s2)cc1. The Kier molecular flexibility index (Phi) is 7.00. The molecule has 1 amide bonds. The van der Waals surface area contributed by atoms with Crippen molar-refractivity contribution in [1.82, 2.24) is 4.98 Å². The summed E-state index contributed by atoms with van der Waals surface area (Å²) in [6.45, 7) is 7.13. The molecule has 0 saturated heterocycles. The number of aryl methyl sites for hydroxylation is 1. The number of allylic oxidation sites excluding steroid dienone is 3. The summed E-state index contributed by atoms with van der Waals surface area (Å²) in [5.74, 6) is -0.173. The smallest absolute Gasteiger partial charge is 0.232 e. The predicted molar refractivity (Wildman–Crippen MR) is 116 cm³/mol. The predicted octanol–water partition coefficient (Wildman–Crippen LogP) is 3.55. The molecule has 0 aliphatic carbocycles. The zero-order valence-corrected chi connectivity index (χ0v) is 17.6. The van der Waals surface area contributed by atoms with Crippen LogP contribution in [0.5, 0.6) is 0 Å². The minimum atomic E-state index is -3.36. The topological polar surface area (TPSA) is 112 Å². The van der Waals surface area contributed by atoms with Gasteiger partial charge < -0.3 is 0 Å². The van der Waals surface area contributed by atoms with E-state index in [2.05, 4.69) is 16.7 Å². The molecule has 0 aliphatic rings. The number of nitrogens with two attached hydrogens (primary N) is 1. The van der Waals surface area contributed by atoms with E-state index in [4.69, 9.17) is 9.92 Å². The molecule has 0 saturated carbocycles. The van der Waals surface area contributed by atoms with Crippen LogP contribution in [-0.4, -0.2) is 28.9 Å². The van der Waals surface area contributed by atoms with Gasteiger partial charge in [0.05, 0.1) is 17.8 Å². The minimum Gasteiger partial charge on any atom is -0.291 e. The molecule has 2 aromatic rings. The lowest BCUT2D eigenvalue weighted by molar-refractivity contribution is -0.117. The summed E-state index contributed by atoms with van der Waals surface area (Å²) in [7, 11) is -1.76. The molecule has 9 heteroatoms. The van der Waals surface area contributed by atoms with Gasteiger partial charge in [-0.1, -0.05) is 47.8 Å². The zero-order chi connectivity index (χ0) is 20.9. The van der Waals surface area contributed by atoms with Gasteiger partial charge in [0.25, 0.3) is 0 Å². The van der Waals surface area contributed by atoms with Gasteiger partial charge in [0.1, 0.15) is 14.1 Å². The standard InChI is InChI=1S/C19H23N5O2S2/c1-5-6-7-16(22-3)15-10-8-14(9-11-15)12-17(25)24(4)19-23-13(2)18(27-19)28(20,21)26/h5-11H,3,12H2,1-2,4H3,(H3,20,21,26)/b6-5-,16-7-. The Morgan fingerprint density at radius 2 is 2.07 bits per heavy atom. The highest BCUT2D eigenvalue weighted by molar-refractivity contribution is 7.92. The number of aromatic nitrogens is 1. The number of hydrogen-bond donors (Lipinski definition) is 2. The van der Waals surface area contributed by atoms with Crippen LogP contribution in [0.2, 0.25) is 0 Å². The Bertz CT molecular complexity index is 1030. The van der Waals surface area contributed by atoms with Gasteiger partial charge in [0.15, 0.2) is 5.13 Å². The summed E-state index contributed by atoms with van der Waals surface area (Å²) in [4.78, 5) is 22.2. The Morgan fingerprint density at radius 3 is 2.57 bits per heavy atom. The van der Waals surface area contributed by atoms with Gasteiger partial charge in [-0.3, -0.25) is 14.7 Å². The molecule has 0 aliphatic heterocycles. The molecule has 148 valence electrons. The molecule has 1 heterocycles. The molecule has 1 aromatic carbocycles. The van der Waals surface area contributed by atoms with E-state index >= 15 is 0 Å². The summed E-state index contributed by atoms with van der Waals surface area (Å²) in [5.41, 5.74) is 2.90. The Balaban J connectivity index is 2.15. The molecule has 7 nitrogen and oxygen atoms in total. The highest BCUT2D eigenvalue weighted by atomic mass is 32.2. The van der Waals surface area contributed by atoms with Gasteiger partial charge in [-0.15, -0.1) is 0 Å². The number of amides is 1. The number of thiazole rings is 1. The lowest BCUT2D eigenvalue weighted by Gasteiger charge is -2.14. The first-order chi connectivity index (χ1) is 13.2. The van der Waals surface area contributed by atoms with Gasteiger partial charge >= 0.3 is 0 Å². The first-order valence-corrected chi connectivity index (χ1v) is 10.8. The maximum Gasteiger partial charge on any atom is 0.232 e. The van der Waals surface area contributed by atoms with Crippen LogP contribution >= 0.6 is 11.3 Å². The van der Waals surface area contributed by atoms with Crippen molar-refractivity contribution in [3.63, 3.8) is 0 Å². The number of rotatable bonds is 7. The lowest BCUT2D eigenvalue weighted by atomic mass is 10.1. The van der Waals surface area contributed by atoms with Crippen molar-refractivity contribution >= 4 is 44.7 Å². The normalized spacial score (nSPS) is 14.1. The van der Waals surface area contributed by atoms with Crippen molar-refractivity contribution in [3.05, 3.63) is 59.3 Å². The molecule has 3 N–H and O–H groups in total. The van der Waals surface area contributed by atoms with Gasteiger partial charge in [0, 0.05) is 12.6 Å². The van der Waals surface area contributed by atoms with Crippen LogP contribution in [0.25, 0.3) is 5.70 Å². The molecule has 2 rings (SSSR count). The summed E-state index contributed by atoms with van der Waals surface area (Å²) in [5, 5.41) is 5.76.